The molecule has 48 heavy (non-hydrogen) atoms. The molecule has 8 aromatic rings. The quantitative estimate of drug-likeness (QED) is 0.141. The van der Waals surface area contributed by atoms with Gasteiger partial charge in [0.2, 0.25) is 0 Å². The van der Waals surface area contributed by atoms with Gasteiger partial charge in [0.25, 0.3) is 0 Å². The smallest absolute Gasteiger partial charge is 0.179 e. The molecule has 0 saturated carbocycles. The topological polar surface area (TPSA) is 52.5 Å². The summed E-state index contributed by atoms with van der Waals surface area (Å²) in [5, 5.41) is 27.8. The fraction of sp³-hybridized carbons (Fsp3) is 0. The number of benzene rings is 7. The van der Waals surface area contributed by atoms with Crippen LogP contribution in [0.1, 0.15) is 11.1 Å². The fourth-order valence-corrected chi connectivity index (χ4v) is 12.2. The zero-order valence-corrected chi connectivity index (χ0v) is 27.1. The van der Waals surface area contributed by atoms with Gasteiger partial charge in [-0.2, -0.15) is 10.5 Å². The highest BCUT2D eigenvalue weighted by atomic mass is 28.3. The predicted octanol–water partition coefficient (Wildman–Crippen LogP) is 7.57. The van der Waals surface area contributed by atoms with E-state index >= 15 is 0 Å². The zero-order valence-electron chi connectivity index (χ0n) is 26.1. The van der Waals surface area contributed by atoms with Gasteiger partial charge in [-0.15, -0.1) is 0 Å². The van der Waals surface area contributed by atoms with Crippen LogP contribution in [-0.2, 0) is 0 Å². The summed E-state index contributed by atoms with van der Waals surface area (Å²) >= 11 is 0. The zero-order chi connectivity index (χ0) is 32.5. The molecule has 0 bridgehead atoms. The molecule has 4 heteroatoms. The number of nitriles is 2. The van der Waals surface area contributed by atoms with E-state index in [1.54, 1.807) is 0 Å². The van der Waals surface area contributed by atoms with Gasteiger partial charge in [-0.1, -0.05) is 140 Å². The van der Waals surface area contributed by atoms with Crippen LogP contribution in [0.15, 0.2) is 176 Å². The highest BCUT2D eigenvalue weighted by Gasteiger charge is 2.41. The van der Waals surface area contributed by atoms with Gasteiger partial charge in [0.05, 0.1) is 40.0 Å². The van der Waals surface area contributed by atoms with E-state index in [0.29, 0.717) is 11.1 Å². The van der Waals surface area contributed by atoms with Crippen LogP contribution in [0.25, 0.3) is 38.6 Å². The highest BCUT2D eigenvalue weighted by Crippen LogP contribution is 2.36. The maximum atomic E-state index is 10.5. The van der Waals surface area contributed by atoms with Gasteiger partial charge in [0, 0.05) is 16.3 Å². The van der Waals surface area contributed by atoms with Crippen LogP contribution in [0.4, 0.5) is 0 Å². The van der Waals surface area contributed by atoms with Crippen molar-refractivity contribution in [1.29, 1.82) is 10.5 Å². The lowest BCUT2D eigenvalue weighted by Crippen LogP contribution is -2.74. The van der Waals surface area contributed by atoms with Gasteiger partial charge in [-0.3, -0.25) is 0 Å². The number of fused-ring (bicyclic) bond motifs is 3. The molecular formula is C44H29N3Si. The van der Waals surface area contributed by atoms with Crippen molar-refractivity contribution in [3.63, 3.8) is 0 Å². The van der Waals surface area contributed by atoms with Crippen LogP contribution in [0.2, 0.25) is 0 Å². The van der Waals surface area contributed by atoms with Crippen molar-refractivity contribution >= 4 is 50.6 Å². The summed E-state index contributed by atoms with van der Waals surface area (Å²) < 4.78 is 2.26. The van der Waals surface area contributed by atoms with Gasteiger partial charge in [-0.25, -0.2) is 0 Å². The molecule has 0 fully saturated rings. The average Bonchev–Trinajstić information content (AvgIpc) is 3.50. The molecule has 0 radical (unpaired) electrons. The van der Waals surface area contributed by atoms with E-state index in [4.69, 9.17) is 0 Å². The maximum Gasteiger partial charge on any atom is 0.179 e. The molecule has 7 aromatic carbocycles. The van der Waals surface area contributed by atoms with Crippen molar-refractivity contribution in [2.24, 2.45) is 0 Å². The van der Waals surface area contributed by atoms with E-state index in [0.717, 1.165) is 43.8 Å². The third-order valence-corrected chi connectivity index (χ3v) is 14.1. The summed E-state index contributed by atoms with van der Waals surface area (Å²) in [7, 11) is -2.91. The van der Waals surface area contributed by atoms with Crippen molar-refractivity contribution in [3.8, 4) is 29.0 Å². The van der Waals surface area contributed by atoms with Gasteiger partial charge in [0.15, 0.2) is 8.07 Å². The van der Waals surface area contributed by atoms with Crippen LogP contribution in [0.3, 0.4) is 0 Å². The Labute approximate surface area is 280 Å². The molecule has 224 valence electrons. The van der Waals surface area contributed by atoms with Crippen molar-refractivity contribution < 1.29 is 0 Å². The Kier molecular flexibility index (Phi) is 7.27. The summed E-state index contributed by atoms with van der Waals surface area (Å²) in [6, 6.07) is 66.2. The second kappa shape index (κ2) is 12.0. The Morgan fingerprint density at radius 3 is 1.40 bits per heavy atom. The minimum Gasteiger partial charge on any atom is -0.309 e. The lowest BCUT2D eigenvalue weighted by molar-refractivity contribution is 1.18. The molecule has 0 N–H and O–H groups in total. The molecule has 0 saturated heterocycles. The molecule has 1 heterocycles. The van der Waals surface area contributed by atoms with Crippen molar-refractivity contribution in [3.05, 3.63) is 187 Å². The molecule has 0 aliphatic rings. The Balaban J connectivity index is 1.48. The Morgan fingerprint density at radius 2 is 0.896 bits per heavy atom. The molecule has 0 atom stereocenters. The van der Waals surface area contributed by atoms with E-state index in [2.05, 4.69) is 168 Å². The monoisotopic (exact) mass is 627 g/mol. The molecule has 1 aromatic heterocycles. The molecule has 0 spiro atoms. The first kappa shape index (κ1) is 29.0. The average molecular weight is 628 g/mol. The fourth-order valence-electron chi connectivity index (χ4n) is 7.34. The summed E-state index contributed by atoms with van der Waals surface area (Å²) in [6.07, 6.45) is 0. The van der Waals surface area contributed by atoms with Crippen LogP contribution < -0.4 is 20.7 Å². The molecule has 8 rings (SSSR count). The molecular weight excluding hydrogens is 599 g/mol. The van der Waals surface area contributed by atoms with E-state index in [1.807, 2.05) is 24.3 Å². The number of hydrogen-bond donors (Lipinski definition) is 0. The van der Waals surface area contributed by atoms with Gasteiger partial charge < -0.3 is 4.57 Å². The number of nitrogens with zero attached hydrogens (tertiary/aromatic N) is 3. The summed E-state index contributed by atoms with van der Waals surface area (Å²) in [6.45, 7) is 0. The van der Waals surface area contributed by atoms with E-state index in [1.165, 1.54) is 15.6 Å². The molecule has 0 aliphatic carbocycles. The van der Waals surface area contributed by atoms with Gasteiger partial charge >= 0.3 is 0 Å². The largest absolute Gasteiger partial charge is 0.309 e. The van der Waals surface area contributed by atoms with Crippen LogP contribution in [-0.4, -0.2) is 12.6 Å². The Bertz CT molecular complexity index is 2370. The van der Waals surface area contributed by atoms with Crippen molar-refractivity contribution in [1.82, 2.24) is 4.57 Å². The van der Waals surface area contributed by atoms with Gasteiger partial charge in [0.1, 0.15) is 0 Å². The van der Waals surface area contributed by atoms with Gasteiger partial charge in [-0.05, 0) is 62.7 Å². The summed E-state index contributed by atoms with van der Waals surface area (Å²) in [5.74, 6) is 0. The van der Waals surface area contributed by atoms with E-state index in [-0.39, 0.29) is 0 Å². The van der Waals surface area contributed by atoms with Crippen molar-refractivity contribution in [2.75, 3.05) is 0 Å². The normalized spacial score (nSPS) is 11.3. The third kappa shape index (κ3) is 4.64. The molecule has 0 aliphatic heterocycles. The van der Waals surface area contributed by atoms with E-state index in [9.17, 15) is 10.5 Å². The Hall–Kier alpha value is -6.46. The summed E-state index contributed by atoms with van der Waals surface area (Å²) in [4.78, 5) is 0. The first-order chi connectivity index (χ1) is 23.7. The summed E-state index contributed by atoms with van der Waals surface area (Å²) in [5.41, 5.74) is 6.09. The lowest BCUT2D eigenvalue weighted by Gasteiger charge is -2.35. The minimum atomic E-state index is -2.91. The number of hydrogen-bond acceptors (Lipinski definition) is 2. The van der Waals surface area contributed by atoms with Crippen LogP contribution in [0, 0.1) is 22.7 Å². The Morgan fingerprint density at radius 1 is 0.417 bits per heavy atom. The first-order valence-corrected chi connectivity index (χ1v) is 18.0. The first-order valence-electron chi connectivity index (χ1n) is 16.0. The number of para-hydroxylation sites is 2. The number of rotatable bonds is 6. The second-order valence-corrected chi connectivity index (χ2v) is 15.8. The SMILES string of the molecule is N#Cc1cc(-c2ccc(C#N)cc2-n2c3ccccc3c3ccccc32)cc([Si](c2ccccc2)(c2ccccc2)c2ccccc2)c1. The van der Waals surface area contributed by atoms with Crippen LogP contribution >= 0.6 is 0 Å². The van der Waals surface area contributed by atoms with E-state index < -0.39 is 8.07 Å². The highest BCUT2D eigenvalue weighted by molar-refractivity contribution is 7.19. The van der Waals surface area contributed by atoms with Crippen LogP contribution in [0.5, 0.6) is 0 Å². The van der Waals surface area contributed by atoms with Crippen molar-refractivity contribution in [2.45, 2.75) is 0 Å². The molecule has 0 unspecified atom stereocenters. The molecule has 3 nitrogen and oxygen atoms in total. The minimum absolute atomic E-state index is 0.578. The maximum absolute atomic E-state index is 10.5. The molecule has 0 amide bonds. The second-order valence-electron chi connectivity index (χ2n) is 12.0. The predicted molar refractivity (Wildman–Crippen MR) is 199 cm³/mol. The number of aromatic nitrogens is 1. The third-order valence-electron chi connectivity index (χ3n) is 9.37. The lowest BCUT2D eigenvalue weighted by atomic mass is 9.99. The standard InChI is InChI=1S/C44H29N3Si/c45-30-32-24-25-39(44(28-32)47-42-22-12-10-20-40(42)41-21-11-13-23-43(41)47)34-26-33(31-46)27-38(29-34)48(35-14-4-1-5-15-35,36-16-6-2-7-17-36)37-18-8-3-9-19-37/h1-29H.